The second kappa shape index (κ2) is 19.9. The number of nitrogens with zero attached hydrogens (tertiary/aromatic N) is 1. The number of benzene rings is 2. The Morgan fingerprint density at radius 3 is 2.02 bits per heavy atom. The van der Waals surface area contributed by atoms with Gasteiger partial charge in [-0.05, 0) is 80.5 Å². The summed E-state index contributed by atoms with van der Waals surface area (Å²) in [6.45, 7) is 6.59. The summed E-state index contributed by atoms with van der Waals surface area (Å²) in [7, 11) is 2.32. The molecular weight excluding hydrogens is 546 g/mol. The lowest BCUT2D eigenvalue weighted by Crippen LogP contribution is -2.38. The van der Waals surface area contributed by atoms with E-state index in [1.807, 2.05) is 37.3 Å². The van der Waals surface area contributed by atoms with Gasteiger partial charge in [0.2, 0.25) is 0 Å². The molecule has 0 saturated heterocycles. The highest BCUT2D eigenvalue weighted by Crippen LogP contribution is 2.37. The van der Waals surface area contributed by atoms with Crippen LogP contribution in [0.4, 0.5) is 0 Å². The van der Waals surface area contributed by atoms with Gasteiger partial charge in [-0.1, -0.05) is 37.3 Å². The van der Waals surface area contributed by atoms with Crippen molar-refractivity contribution in [3.05, 3.63) is 82.6 Å². The maximum atomic E-state index is 11.8. The summed E-state index contributed by atoms with van der Waals surface area (Å²) in [5.41, 5.74) is 5.20. The van der Waals surface area contributed by atoms with Crippen LogP contribution >= 0.6 is 0 Å². The molecule has 1 aliphatic rings. The van der Waals surface area contributed by atoms with Gasteiger partial charge in [-0.15, -0.1) is 12.3 Å². The Hall–Kier alpha value is -4.10. The second-order valence-electron chi connectivity index (χ2n) is 9.88. The van der Waals surface area contributed by atoms with Crippen LogP contribution < -0.4 is 10.6 Å². The molecule has 2 aromatic carbocycles. The van der Waals surface area contributed by atoms with Crippen molar-refractivity contribution in [1.29, 1.82) is 0 Å². The third kappa shape index (κ3) is 12.0. The predicted octanol–water partition coefficient (Wildman–Crippen LogP) is 4.17. The van der Waals surface area contributed by atoms with Crippen LogP contribution in [0.25, 0.3) is 0 Å². The number of allylic oxidation sites excluding steroid dienone is 3. The monoisotopic (exact) mass is 593 g/mol. The molecular formula is C34H47N3O6. The highest BCUT2D eigenvalue weighted by molar-refractivity contribution is 5.85. The van der Waals surface area contributed by atoms with Crippen molar-refractivity contribution in [2.24, 2.45) is 4.99 Å². The maximum absolute atomic E-state index is 11.8. The first-order valence-corrected chi connectivity index (χ1v) is 14.2. The fourth-order valence-electron chi connectivity index (χ4n) is 4.46. The lowest BCUT2D eigenvalue weighted by Gasteiger charge is -2.32. The molecule has 0 aromatic heterocycles. The zero-order chi connectivity index (χ0) is 32.3. The number of ether oxygens (including phenoxy) is 1. The minimum Gasteiger partial charge on any atom is -0.508 e. The molecule has 0 aliphatic heterocycles. The summed E-state index contributed by atoms with van der Waals surface area (Å²) < 4.78 is 4.77. The summed E-state index contributed by atoms with van der Waals surface area (Å²) in [5.74, 6) is 2.27. The van der Waals surface area contributed by atoms with E-state index < -0.39 is 12.0 Å². The van der Waals surface area contributed by atoms with Crippen molar-refractivity contribution in [2.75, 3.05) is 34.0 Å². The Balaban J connectivity index is 0.00000174. The molecule has 6 N–H and O–H groups in total. The lowest BCUT2D eigenvalue weighted by molar-refractivity contribution is -0.143. The molecule has 2 aromatic rings. The Bertz CT molecular complexity index is 1190. The highest BCUT2D eigenvalue weighted by atomic mass is 16.5. The average Bonchev–Trinajstić information content (AvgIpc) is 3.86. The number of aliphatic imine (C=N–C) groups is 1. The lowest BCUT2D eigenvalue weighted by atomic mass is 9.73. The van der Waals surface area contributed by atoms with Gasteiger partial charge in [0.25, 0.3) is 0 Å². The van der Waals surface area contributed by atoms with E-state index in [0.29, 0.717) is 6.54 Å². The van der Waals surface area contributed by atoms with E-state index >= 15 is 0 Å². The molecule has 1 saturated carbocycles. The second-order valence-corrected chi connectivity index (χ2v) is 9.88. The normalized spacial score (nSPS) is 13.1. The Labute approximate surface area is 256 Å². The van der Waals surface area contributed by atoms with E-state index in [9.17, 15) is 20.1 Å². The molecule has 1 fully saturated rings. The predicted molar refractivity (Wildman–Crippen MR) is 172 cm³/mol. The molecule has 43 heavy (non-hydrogen) atoms. The molecule has 0 radical (unpaired) electrons. The van der Waals surface area contributed by atoms with Crippen LogP contribution in [0.1, 0.15) is 57.6 Å². The SMILES string of the molecule is C#CC.C/C=C(\C=N/CNC(CCO)C(=O)OC)C(NCCC(C)(c1ccc(O)cc1)c1ccc(O)cc1)=C1CC1.CO. The summed E-state index contributed by atoms with van der Waals surface area (Å²) in [6, 6.07) is 14.0. The molecule has 0 amide bonds. The zero-order valence-corrected chi connectivity index (χ0v) is 25.9. The molecule has 9 nitrogen and oxygen atoms in total. The summed E-state index contributed by atoms with van der Waals surface area (Å²) in [5, 5.41) is 42.5. The molecule has 1 unspecified atom stereocenters. The number of phenolic OH excluding ortho intramolecular Hbond substituents is 2. The maximum Gasteiger partial charge on any atom is 0.322 e. The fraction of sp³-hybridized carbons (Fsp3) is 0.412. The van der Waals surface area contributed by atoms with Crippen molar-refractivity contribution in [3.8, 4) is 23.8 Å². The number of nitrogens with one attached hydrogen (secondary N) is 2. The van der Waals surface area contributed by atoms with Gasteiger partial charge >= 0.3 is 5.97 Å². The molecule has 234 valence electrons. The number of aliphatic hydroxyl groups excluding tert-OH is 2. The van der Waals surface area contributed by atoms with Crippen LogP contribution in [0, 0.1) is 12.3 Å². The molecule has 0 spiro atoms. The Kier molecular flexibility index (Phi) is 17.1. The zero-order valence-electron chi connectivity index (χ0n) is 25.9. The first-order chi connectivity index (χ1) is 20.7. The number of terminal acetylenes is 1. The van der Waals surface area contributed by atoms with Crippen LogP contribution in [0.3, 0.4) is 0 Å². The van der Waals surface area contributed by atoms with Gasteiger partial charge in [-0.25, -0.2) is 0 Å². The van der Waals surface area contributed by atoms with E-state index in [1.54, 1.807) is 37.4 Å². The largest absolute Gasteiger partial charge is 0.508 e. The number of phenols is 2. The molecule has 9 heteroatoms. The molecule has 0 heterocycles. The number of carbonyl (C=O) groups is 1. The first-order valence-electron chi connectivity index (χ1n) is 14.2. The number of hydrogen-bond donors (Lipinski definition) is 6. The number of carbonyl (C=O) groups excluding carboxylic acids is 1. The number of aromatic hydroxyl groups is 2. The van der Waals surface area contributed by atoms with Crippen LogP contribution in [0.15, 0.2) is 76.4 Å². The highest BCUT2D eigenvalue weighted by Gasteiger charge is 2.29. The van der Waals surface area contributed by atoms with Gasteiger partial charge in [0.15, 0.2) is 0 Å². The summed E-state index contributed by atoms with van der Waals surface area (Å²) in [4.78, 5) is 16.3. The van der Waals surface area contributed by atoms with E-state index in [0.717, 1.165) is 48.8 Å². The number of aliphatic hydroxyl groups is 2. The van der Waals surface area contributed by atoms with Crippen molar-refractivity contribution in [2.45, 2.75) is 57.9 Å². The van der Waals surface area contributed by atoms with Crippen LogP contribution in [-0.4, -0.2) is 72.7 Å². The average molecular weight is 594 g/mol. The van der Waals surface area contributed by atoms with Crippen molar-refractivity contribution >= 4 is 12.2 Å². The minimum atomic E-state index is -0.604. The van der Waals surface area contributed by atoms with E-state index in [2.05, 4.69) is 34.9 Å². The van der Waals surface area contributed by atoms with Gasteiger partial charge in [0.1, 0.15) is 17.5 Å². The topological polar surface area (TPSA) is 144 Å². The fourth-order valence-corrected chi connectivity index (χ4v) is 4.46. The van der Waals surface area contributed by atoms with Gasteiger partial charge in [0.05, 0.1) is 13.8 Å². The molecule has 1 aliphatic carbocycles. The summed E-state index contributed by atoms with van der Waals surface area (Å²) >= 11 is 0. The van der Waals surface area contributed by atoms with E-state index in [4.69, 9.17) is 9.84 Å². The molecule has 3 rings (SSSR count). The van der Waals surface area contributed by atoms with Crippen molar-refractivity contribution in [3.63, 3.8) is 0 Å². The third-order valence-electron chi connectivity index (χ3n) is 6.95. The Morgan fingerprint density at radius 2 is 1.60 bits per heavy atom. The van der Waals surface area contributed by atoms with Crippen LogP contribution in [-0.2, 0) is 14.9 Å². The standard InChI is InChI=1S/C30H39N3O5.C3H4.CH4O/c1-4-21(19-31-20-33-27(15-18-34)29(37)38-3)28(22-5-6-22)32-17-16-30(2,23-7-11-25(35)12-8-23)24-9-13-26(36)14-10-24;1-3-2;1-2/h4,7-14,19,27,32-36H,5-6,15-18,20H2,1-3H3;1H,2H3;2H,1H3/b21-4+,31-19-;;. The quantitative estimate of drug-likeness (QED) is 0.109. The smallest absolute Gasteiger partial charge is 0.322 e. The molecule has 0 bridgehead atoms. The van der Waals surface area contributed by atoms with Crippen LogP contribution in [0.5, 0.6) is 11.5 Å². The van der Waals surface area contributed by atoms with Gasteiger partial charge in [-0.2, -0.15) is 0 Å². The minimum absolute atomic E-state index is 0.121. The number of hydrogen-bond acceptors (Lipinski definition) is 9. The van der Waals surface area contributed by atoms with Gasteiger partial charge in [0, 0.05) is 43.2 Å². The van der Waals surface area contributed by atoms with Gasteiger partial charge < -0.3 is 30.5 Å². The Morgan fingerprint density at radius 1 is 1.09 bits per heavy atom. The van der Waals surface area contributed by atoms with Crippen LogP contribution in [0.2, 0.25) is 0 Å². The van der Waals surface area contributed by atoms with E-state index in [-0.39, 0.29) is 36.6 Å². The third-order valence-corrected chi connectivity index (χ3v) is 6.95. The number of esters is 1. The number of rotatable bonds is 14. The van der Waals surface area contributed by atoms with E-state index in [1.165, 1.54) is 12.7 Å². The number of methoxy groups -OCH3 is 1. The van der Waals surface area contributed by atoms with Crippen molar-refractivity contribution in [1.82, 2.24) is 10.6 Å². The van der Waals surface area contributed by atoms with Gasteiger partial charge in [-0.3, -0.25) is 15.1 Å². The summed E-state index contributed by atoms with van der Waals surface area (Å²) in [6.07, 6.45) is 11.5. The first kappa shape index (κ1) is 36.9. The molecule has 1 atom stereocenters. The van der Waals surface area contributed by atoms with Crippen molar-refractivity contribution < 1.29 is 30.0 Å².